The predicted molar refractivity (Wildman–Crippen MR) is 54.5 cm³/mol. The Balaban J connectivity index is 3.26. The van der Waals surface area contributed by atoms with E-state index in [-0.39, 0.29) is 5.56 Å². The number of aldehydes is 1. The first kappa shape index (κ1) is 10.8. The summed E-state index contributed by atoms with van der Waals surface area (Å²) in [4.78, 5) is 21.1. The molecule has 0 atom stereocenters. The van der Waals surface area contributed by atoms with Crippen LogP contribution in [-0.4, -0.2) is 19.3 Å². The minimum atomic E-state index is -0.607. The summed E-state index contributed by atoms with van der Waals surface area (Å²) in [6.07, 6.45) is 0.453. The summed E-state index contributed by atoms with van der Waals surface area (Å²) >= 11 is 0. The molecule has 1 aromatic carbocycles. The second kappa shape index (κ2) is 4.82. The highest BCUT2D eigenvalue weighted by Gasteiger charge is 2.07. The fraction of sp³-hybridized carbons (Fsp3) is 0.0909. The molecule has 0 spiro atoms. The van der Waals surface area contributed by atoms with Gasteiger partial charge in [-0.2, -0.15) is 0 Å². The summed E-state index contributed by atoms with van der Waals surface area (Å²) in [6.45, 7) is 0. The van der Waals surface area contributed by atoms with Crippen LogP contribution in [0.4, 0.5) is 0 Å². The molecule has 0 aromatic heterocycles. The van der Waals surface area contributed by atoms with Gasteiger partial charge >= 0.3 is 0 Å². The number of methoxy groups -OCH3 is 1. The number of ether oxygens (including phenoxy) is 1. The number of carbonyl (C=O) groups is 2. The standard InChI is InChI=1S/C11H9NO3/c1-15-9-5-4-8(3-2-6-13)10(7-9)11(12)14/h4-7H,1H3,(H2,12,14). The number of hydrogen-bond acceptors (Lipinski definition) is 3. The lowest BCUT2D eigenvalue weighted by Crippen LogP contribution is -2.13. The Morgan fingerprint density at radius 3 is 2.80 bits per heavy atom. The SMILES string of the molecule is COc1ccc(C#CC=O)c(C(N)=O)c1. The third kappa shape index (κ3) is 2.58. The summed E-state index contributed by atoms with van der Waals surface area (Å²) in [7, 11) is 1.48. The fourth-order valence-electron chi connectivity index (χ4n) is 1.07. The van der Waals surface area contributed by atoms with Crippen LogP contribution in [0.15, 0.2) is 18.2 Å². The highest BCUT2D eigenvalue weighted by Crippen LogP contribution is 2.16. The molecule has 0 aliphatic heterocycles. The summed E-state index contributed by atoms with van der Waals surface area (Å²) in [5.74, 6) is 4.65. The normalized spacial score (nSPS) is 8.60. The van der Waals surface area contributed by atoms with Crippen LogP contribution >= 0.6 is 0 Å². The third-order valence-electron chi connectivity index (χ3n) is 1.76. The lowest BCUT2D eigenvalue weighted by atomic mass is 10.1. The third-order valence-corrected chi connectivity index (χ3v) is 1.76. The Kier molecular flexibility index (Phi) is 3.47. The van der Waals surface area contributed by atoms with Gasteiger partial charge in [0.2, 0.25) is 5.91 Å². The molecule has 76 valence electrons. The molecule has 0 heterocycles. The second-order valence-corrected chi connectivity index (χ2v) is 2.66. The van der Waals surface area contributed by atoms with Gasteiger partial charge in [0.25, 0.3) is 0 Å². The van der Waals surface area contributed by atoms with Crippen molar-refractivity contribution >= 4 is 12.2 Å². The monoisotopic (exact) mass is 203 g/mol. The van der Waals surface area contributed by atoms with Crippen molar-refractivity contribution in [2.24, 2.45) is 5.73 Å². The molecular weight excluding hydrogens is 194 g/mol. The molecule has 0 unspecified atom stereocenters. The maximum atomic E-state index is 11.1. The molecule has 4 nitrogen and oxygen atoms in total. The van der Waals surface area contributed by atoms with Crippen LogP contribution in [0.3, 0.4) is 0 Å². The van der Waals surface area contributed by atoms with Crippen molar-refractivity contribution in [3.63, 3.8) is 0 Å². The highest BCUT2D eigenvalue weighted by molar-refractivity contribution is 5.96. The van der Waals surface area contributed by atoms with Crippen molar-refractivity contribution in [2.45, 2.75) is 0 Å². The van der Waals surface area contributed by atoms with Gasteiger partial charge in [-0.05, 0) is 24.1 Å². The first-order valence-electron chi connectivity index (χ1n) is 4.12. The first-order valence-corrected chi connectivity index (χ1v) is 4.12. The number of nitrogens with two attached hydrogens (primary N) is 1. The van der Waals surface area contributed by atoms with Crippen LogP contribution in [0.5, 0.6) is 5.75 Å². The first-order chi connectivity index (χ1) is 7.19. The smallest absolute Gasteiger partial charge is 0.250 e. The van der Waals surface area contributed by atoms with Crippen LogP contribution in [0, 0.1) is 11.8 Å². The van der Waals surface area contributed by atoms with E-state index >= 15 is 0 Å². The Labute approximate surface area is 87.0 Å². The molecule has 0 aliphatic carbocycles. The number of primary amides is 1. The van der Waals surface area contributed by atoms with Crippen molar-refractivity contribution in [1.82, 2.24) is 0 Å². The van der Waals surface area contributed by atoms with Crippen molar-refractivity contribution < 1.29 is 14.3 Å². The van der Waals surface area contributed by atoms with E-state index in [0.29, 0.717) is 17.6 Å². The largest absolute Gasteiger partial charge is 0.497 e. The van der Waals surface area contributed by atoms with Gasteiger partial charge < -0.3 is 10.5 Å². The average molecular weight is 203 g/mol. The molecule has 1 amide bonds. The zero-order valence-corrected chi connectivity index (χ0v) is 8.11. The Hall–Kier alpha value is -2.28. The van der Waals surface area contributed by atoms with Gasteiger partial charge in [0.05, 0.1) is 12.7 Å². The highest BCUT2D eigenvalue weighted by atomic mass is 16.5. The lowest BCUT2D eigenvalue weighted by molar-refractivity contribution is -0.103. The number of carbonyl (C=O) groups excluding carboxylic acids is 2. The molecule has 1 rings (SSSR count). The van der Waals surface area contributed by atoms with Gasteiger partial charge in [0.1, 0.15) is 5.75 Å². The van der Waals surface area contributed by atoms with Crippen LogP contribution in [-0.2, 0) is 4.79 Å². The second-order valence-electron chi connectivity index (χ2n) is 2.66. The van der Waals surface area contributed by atoms with Crippen molar-refractivity contribution in [2.75, 3.05) is 7.11 Å². The van der Waals surface area contributed by atoms with Gasteiger partial charge in [0, 0.05) is 5.56 Å². The van der Waals surface area contributed by atoms with Crippen LogP contribution in [0.2, 0.25) is 0 Å². The molecule has 0 fully saturated rings. The van der Waals surface area contributed by atoms with Crippen molar-refractivity contribution in [1.29, 1.82) is 0 Å². The van der Waals surface area contributed by atoms with E-state index in [1.165, 1.54) is 13.2 Å². The molecule has 0 saturated carbocycles. The molecular formula is C11H9NO3. The van der Waals surface area contributed by atoms with Gasteiger partial charge in [-0.15, -0.1) is 0 Å². The number of benzene rings is 1. The summed E-state index contributed by atoms with van der Waals surface area (Å²) in [5.41, 5.74) is 5.81. The Morgan fingerprint density at radius 1 is 1.53 bits per heavy atom. The number of hydrogen-bond donors (Lipinski definition) is 1. The molecule has 2 N–H and O–H groups in total. The quantitative estimate of drug-likeness (QED) is 0.556. The molecule has 15 heavy (non-hydrogen) atoms. The van der Waals surface area contributed by atoms with Gasteiger partial charge in [-0.3, -0.25) is 9.59 Å². The Bertz CT molecular complexity index is 455. The van der Waals surface area contributed by atoms with E-state index in [0.717, 1.165) is 0 Å². The van der Waals surface area contributed by atoms with E-state index in [1.807, 2.05) is 0 Å². The van der Waals surface area contributed by atoms with Crippen molar-refractivity contribution in [3.05, 3.63) is 29.3 Å². The minimum absolute atomic E-state index is 0.240. The Morgan fingerprint density at radius 2 is 2.27 bits per heavy atom. The van der Waals surface area contributed by atoms with Gasteiger partial charge in [-0.25, -0.2) is 0 Å². The van der Waals surface area contributed by atoms with Crippen LogP contribution in [0.25, 0.3) is 0 Å². The van der Waals surface area contributed by atoms with Gasteiger partial charge in [-0.1, -0.05) is 5.92 Å². The molecule has 4 heteroatoms. The lowest BCUT2D eigenvalue weighted by Gasteiger charge is -2.03. The van der Waals surface area contributed by atoms with E-state index < -0.39 is 5.91 Å². The maximum Gasteiger partial charge on any atom is 0.250 e. The van der Waals surface area contributed by atoms with Crippen LogP contribution in [0.1, 0.15) is 15.9 Å². The van der Waals surface area contributed by atoms with Crippen LogP contribution < -0.4 is 10.5 Å². The number of amides is 1. The minimum Gasteiger partial charge on any atom is -0.497 e. The van der Waals surface area contributed by atoms with Gasteiger partial charge in [0.15, 0.2) is 6.29 Å². The van der Waals surface area contributed by atoms with Crippen molar-refractivity contribution in [3.8, 4) is 17.6 Å². The predicted octanol–water partition coefficient (Wildman–Crippen LogP) is 0.345. The fourth-order valence-corrected chi connectivity index (χ4v) is 1.07. The van der Waals surface area contributed by atoms with E-state index in [9.17, 15) is 9.59 Å². The molecule has 0 bridgehead atoms. The maximum absolute atomic E-state index is 11.1. The van der Waals surface area contributed by atoms with E-state index in [2.05, 4.69) is 11.8 Å². The number of rotatable bonds is 2. The molecule has 0 radical (unpaired) electrons. The topological polar surface area (TPSA) is 69.4 Å². The van der Waals surface area contributed by atoms with E-state index in [1.54, 1.807) is 12.1 Å². The molecule has 0 saturated heterocycles. The van der Waals surface area contributed by atoms with E-state index in [4.69, 9.17) is 10.5 Å². The summed E-state index contributed by atoms with van der Waals surface area (Å²) < 4.78 is 4.94. The summed E-state index contributed by atoms with van der Waals surface area (Å²) in [6, 6.07) is 4.70. The molecule has 1 aromatic rings. The summed E-state index contributed by atoms with van der Waals surface area (Å²) in [5, 5.41) is 0. The molecule has 0 aliphatic rings. The zero-order chi connectivity index (χ0) is 11.3. The zero-order valence-electron chi connectivity index (χ0n) is 8.11. The average Bonchev–Trinajstić information content (AvgIpc) is 2.26.